The molecule has 6 heteroatoms. The Balaban J connectivity index is 0.00000180. The van der Waals surface area contributed by atoms with Crippen molar-refractivity contribution in [1.29, 1.82) is 0 Å². The van der Waals surface area contributed by atoms with E-state index < -0.39 is 0 Å². The molecule has 1 amide bonds. The van der Waals surface area contributed by atoms with Crippen LogP contribution in [0.15, 0.2) is 24.3 Å². The third kappa shape index (κ3) is 5.67. The van der Waals surface area contributed by atoms with Crippen LogP contribution in [0.3, 0.4) is 0 Å². The molecule has 0 spiro atoms. The first-order chi connectivity index (χ1) is 8.79. The van der Waals surface area contributed by atoms with Crippen LogP contribution in [0.1, 0.15) is 17.5 Å². The van der Waals surface area contributed by atoms with Gasteiger partial charge in [0, 0.05) is 26.2 Å². The van der Waals surface area contributed by atoms with Gasteiger partial charge >= 0.3 is 0 Å². The number of nitrogens with one attached hydrogen (secondary N) is 1. The number of rotatable bonds is 5. The van der Waals surface area contributed by atoms with Gasteiger partial charge in [-0.3, -0.25) is 9.69 Å². The molecule has 1 aliphatic heterocycles. The zero-order chi connectivity index (χ0) is 12.8. The highest BCUT2D eigenvalue weighted by molar-refractivity contribution is 5.85. The Hall–Kier alpha value is -0.810. The van der Waals surface area contributed by atoms with Crippen molar-refractivity contribution in [1.82, 2.24) is 10.2 Å². The summed E-state index contributed by atoms with van der Waals surface area (Å²) in [5.74, 6) is -0.0704. The number of nitrogens with zero attached hydrogens (tertiary/aromatic N) is 1. The van der Waals surface area contributed by atoms with Gasteiger partial charge in [0.2, 0.25) is 5.91 Å². The van der Waals surface area contributed by atoms with Crippen molar-refractivity contribution in [2.24, 2.45) is 5.73 Å². The third-order valence-electron chi connectivity index (χ3n) is 3.37. The second-order valence-corrected chi connectivity index (χ2v) is 4.70. The number of halogens is 2. The van der Waals surface area contributed by atoms with Crippen molar-refractivity contribution >= 4 is 30.7 Å². The number of benzene rings is 1. The predicted octanol–water partition coefficient (Wildman–Crippen LogP) is 1.35. The average Bonchev–Trinajstić information content (AvgIpc) is 2.43. The summed E-state index contributed by atoms with van der Waals surface area (Å²) >= 11 is 0. The van der Waals surface area contributed by atoms with Gasteiger partial charge in [-0.05, 0) is 24.0 Å². The SMILES string of the molecule is Cl.Cl.NCC(=O)NCCCN1CCc2ccccc2C1. The van der Waals surface area contributed by atoms with Gasteiger partial charge in [0.15, 0.2) is 0 Å². The van der Waals surface area contributed by atoms with E-state index in [0.717, 1.165) is 32.5 Å². The van der Waals surface area contributed by atoms with Gasteiger partial charge in [-0.15, -0.1) is 24.8 Å². The quantitative estimate of drug-likeness (QED) is 0.805. The minimum absolute atomic E-state index is 0. The van der Waals surface area contributed by atoms with E-state index in [2.05, 4.69) is 34.5 Å². The highest BCUT2D eigenvalue weighted by Gasteiger charge is 2.14. The van der Waals surface area contributed by atoms with Crippen molar-refractivity contribution in [3.63, 3.8) is 0 Å². The fourth-order valence-corrected chi connectivity index (χ4v) is 2.35. The zero-order valence-electron chi connectivity index (χ0n) is 11.5. The first-order valence-corrected chi connectivity index (χ1v) is 6.55. The summed E-state index contributed by atoms with van der Waals surface area (Å²) in [6, 6.07) is 8.63. The smallest absolute Gasteiger partial charge is 0.233 e. The lowest BCUT2D eigenvalue weighted by atomic mass is 10.00. The maximum absolute atomic E-state index is 11.0. The van der Waals surface area contributed by atoms with E-state index in [1.54, 1.807) is 0 Å². The Morgan fingerprint density at radius 1 is 1.25 bits per heavy atom. The molecule has 1 aromatic rings. The van der Waals surface area contributed by atoms with Crippen molar-refractivity contribution in [3.8, 4) is 0 Å². The molecule has 0 atom stereocenters. The number of fused-ring (bicyclic) bond motifs is 1. The molecule has 114 valence electrons. The summed E-state index contributed by atoms with van der Waals surface area (Å²) in [4.78, 5) is 13.4. The summed E-state index contributed by atoms with van der Waals surface area (Å²) in [6.45, 7) is 3.97. The van der Waals surface area contributed by atoms with E-state index in [9.17, 15) is 4.79 Å². The Kier molecular flexibility index (Phi) is 9.59. The summed E-state index contributed by atoms with van der Waals surface area (Å²) in [5, 5.41) is 2.80. The number of hydrogen-bond acceptors (Lipinski definition) is 3. The number of carbonyl (C=O) groups excluding carboxylic acids is 1. The highest BCUT2D eigenvalue weighted by Crippen LogP contribution is 2.18. The maximum atomic E-state index is 11.0. The zero-order valence-corrected chi connectivity index (χ0v) is 13.1. The normalized spacial score (nSPS) is 13.7. The molecule has 1 aromatic carbocycles. The molecule has 3 N–H and O–H groups in total. The highest BCUT2D eigenvalue weighted by atomic mass is 35.5. The Morgan fingerprint density at radius 2 is 1.95 bits per heavy atom. The molecule has 0 fully saturated rings. The van der Waals surface area contributed by atoms with Gasteiger partial charge in [0.1, 0.15) is 0 Å². The standard InChI is InChI=1S/C14H21N3O.2ClH/c15-10-14(18)16-7-3-8-17-9-6-12-4-1-2-5-13(12)11-17;;/h1-2,4-5H,3,6-11,15H2,(H,16,18);2*1H. The van der Waals surface area contributed by atoms with Crippen LogP contribution in [0.25, 0.3) is 0 Å². The first-order valence-electron chi connectivity index (χ1n) is 6.55. The molecule has 0 radical (unpaired) electrons. The van der Waals surface area contributed by atoms with Gasteiger partial charge in [-0.1, -0.05) is 24.3 Å². The fourth-order valence-electron chi connectivity index (χ4n) is 2.35. The van der Waals surface area contributed by atoms with Gasteiger partial charge in [-0.2, -0.15) is 0 Å². The second kappa shape index (κ2) is 10.00. The lowest BCUT2D eigenvalue weighted by molar-refractivity contribution is -0.119. The molecule has 0 saturated carbocycles. The van der Waals surface area contributed by atoms with Gasteiger partial charge in [0.25, 0.3) is 0 Å². The molecular weight excluding hydrogens is 297 g/mol. The van der Waals surface area contributed by atoms with Crippen LogP contribution in [-0.2, 0) is 17.8 Å². The van der Waals surface area contributed by atoms with Crippen molar-refractivity contribution in [2.45, 2.75) is 19.4 Å². The lowest BCUT2D eigenvalue weighted by Crippen LogP contribution is -2.35. The summed E-state index contributed by atoms with van der Waals surface area (Å²) in [7, 11) is 0. The van der Waals surface area contributed by atoms with Crippen LogP contribution in [0.2, 0.25) is 0 Å². The molecule has 1 aliphatic rings. The van der Waals surface area contributed by atoms with E-state index in [0.29, 0.717) is 6.54 Å². The number of carbonyl (C=O) groups is 1. The number of nitrogens with two attached hydrogens (primary N) is 1. The first kappa shape index (κ1) is 19.2. The van der Waals surface area contributed by atoms with Crippen molar-refractivity contribution in [3.05, 3.63) is 35.4 Å². The lowest BCUT2D eigenvalue weighted by Gasteiger charge is -2.28. The summed E-state index contributed by atoms with van der Waals surface area (Å²) in [6.07, 6.45) is 2.11. The molecule has 0 unspecified atom stereocenters. The predicted molar refractivity (Wildman–Crippen MR) is 86.6 cm³/mol. The fraction of sp³-hybridized carbons (Fsp3) is 0.500. The summed E-state index contributed by atoms with van der Waals surface area (Å²) < 4.78 is 0. The molecule has 0 aromatic heterocycles. The van der Waals surface area contributed by atoms with Crippen LogP contribution in [-0.4, -0.2) is 37.0 Å². The van der Waals surface area contributed by atoms with E-state index in [1.165, 1.54) is 11.1 Å². The van der Waals surface area contributed by atoms with Crippen LogP contribution in [0.5, 0.6) is 0 Å². The Morgan fingerprint density at radius 3 is 2.65 bits per heavy atom. The number of amides is 1. The molecule has 0 aliphatic carbocycles. The minimum atomic E-state index is -0.0704. The van der Waals surface area contributed by atoms with Crippen molar-refractivity contribution < 1.29 is 4.79 Å². The van der Waals surface area contributed by atoms with Gasteiger partial charge in [-0.25, -0.2) is 0 Å². The van der Waals surface area contributed by atoms with Crippen molar-refractivity contribution in [2.75, 3.05) is 26.2 Å². The van der Waals surface area contributed by atoms with Crippen LogP contribution in [0, 0.1) is 0 Å². The minimum Gasteiger partial charge on any atom is -0.355 e. The molecule has 0 bridgehead atoms. The van der Waals surface area contributed by atoms with Gasteiger partial charge in [0.05, 0.1) is 6.54 Å². The average molecular weight is 320 g/mol. The number of hydrogen-bond donors (Lipinski definition) is 2. The second-order valence-electron chi connectivity index (χ2n) is 4.70. The monoisotopic (exact) mass is 319 g/mol. The molecule has 20 heavy (non-hydrogen) atoms. The van der Waals surface area contributed by atoms with Gasteiger partial charge < -0.3 is 11.1 Å². The third-order valence-corrected chi connectivity index (χ3v) is 3.37. The van der Waals surface area contributed by atoms with Crippen LogP contribution >= 0.6 is 24.8 Å². The molecule has 0 saturated heterocycles. The molecule has 4 nitrogen and oxygen atoms in total. The van der Waals surface area contributed by atoms with E-state index in [-0.39, 0.29) is 37.3 Å². The molecular formula is C14H23Cl2N3O. The van der Waals surface area contributed by atoms with Crippen LogP contribution < -0.4 is 11.1 Å². The van der Waals surface area contributed by atoms with E-state index in [4.69, 9.17) is 5.73 Å². The Labute approximate surface area is 132 Å². The van der Waals surface area contributed by atoms with Crippen LogP contribution in [0.4, 0.5) is 0 Å². The molecule has 2 rings (SSSR count). The topological polar surface area (TPSA) is 58.4 Å². The van der Waals surface area contributed by atoms with E-state index in [1.807, 2.05) is 0 Å². The van der Waals surface area contributed by atoms with E-state index >= 15 is 0 Å². The molecule has 1 heterocycles. The largest absolute Gasteiger partial charge is 0.355 e. The Bertz CT molecular complexity index is 415. The maximum Gasteiger partial charge on any atom is 0.233 e. The summed E-state index contributed by atoms with van der Waals surface area (Å²) in [5.41, 5.74) is 8.14.